The standard InChI is InChI=1S/C9H7Cl3O2S/c1-2-14-9(13)6-7(11)4(10)3-5(15)8(6)12/h3,15H,2H2,1H3. The summed E-state index contributed by atoms with van der Waals surface area (Å²) < 4.78 is 4.80. The molecule has 0 saturated carbocycles. The fraction of sp³-hybridized carbons (Fsp3) is 0.222. The van der Waals surface area contributed by atoms with E-state index in [0.29, 0.717) is 4.90 Å². The van der Waals surface area contributed by atoms with Crippen molar-refractivity contribution in [1.82, 2.24) is 0 Å². The number of esters is 1. The molecule has 82 valence electrons. The minimum Gasteiger partial charge on any atom is -0.462 e. The fourth-order valence-electron chi connectivity index (χ4n) is 0.973. The molecule has 0 amide bonds. The first kappa shape index (κ1) is 13.0. The van der Waals surface area contributed by atoms with Crippen molar-refractivity contribution in [2.24, 2.45) is 0 Å². The first-order chi connectivity index (χ1) is 6.99. The summed E-state index contributed by atoms with van der Waals surface area (Å²) in [5, 5.41) is 0.443. The quantitative estimate of drug-likeness (QED) is 0.503. The second-order valence-corrected chi connectivity index (χ2v) is 4.25. The highest BCUT2D eigenvalue weighted by molar-refractivity contribution is 7.80. The molecule has 0 aliphatic carbocycles. The summed E-state index contributed by atoms with van der Waals surface area (Å²) in [4.78, 5) is 11.9. The number of halogens is 3. The first-order valence-electron chi connectivity index (χ1n) is 4.02. The van der Waals surface area contributed by atoms with E-state index >= 15 is 0 Å². The Balaban J connectivity index is 3.32. The highest BCUT2D eigenvalue weighted by Crippen LogP contribution is 2.36. The van der Waals surface area contributed by atoms with Crippen LogP contribution in [0.5, 0.6) is 0 Å². The zero-order chi connectivity index (χ0) is 11.6. The highest BCUT2D eigenvalue weighted by atomic mass is 35.5. The van der Waals surface area contributed by atoms with E-state index in [0.717, 1.165) is 0 Å². The molecule has 0 atom stereocenters. The van der Waals surface area contributed by atoms with Gasteiger partial charge in [0.1, 0.15) is 0 Å². The number of ether oxygens (including phenoxy) is 1. The summed E-state index contributed by atoms with van der Waals surface area (Å²) in [5.74, 6) is -0.606. The van der Waals surface area contributed by atoms with Crippen LogP contribution in [0.25, 0.3) is 0 Å². The largest absolute Gasteiger partial charge is 0.462 e. The molecule has 0 bridgehead atoms. The number of carbonyl (C=O) groups excluding carboxylic acids is 1. The molecule has 0 fully saturated rings. The van der Waals surface area contributed by atoms with Crippen molar-refractivity contribution in [2.45, 2.75) is 11.8 Å². The molecule has 0 aliphatic heterocycles. The smallest absolute Gasteiger partial charge is 0.341 e. The van der Waals surface area contributed by atoms with Crippen LogP contribution >= 0.6 is 47.4 Å². The predicted octanol–water partition coefficient (Wildman–Crippen LogP) is 4.11. The summed E-state index contributed by atoms with van der Waals surface area (Å²) in [6, 6.07) is 1.47. The third-order valence-corrected chi connectivity index (χ3v) is 3.28. The van der Waals surface area contributed by atoms with Crippen LogP contribution in [-0.2, 0) is 4.74 Å². The zero-order valence-electron chi connectivity index (χ0n) is 7.68. The van der Waals surface area contributed by atoms with Crippen molar-refractivity contribution >= 4 is 53.4 Å². The van der Waals surface area contributed by atoms with Crippen molar-refractivity contribution in [3.8, 4) is 0 Å². The van der Waals surface area contributed by atoms with Crippen LogP contribution in [0.4, 0.5) is 0 Å². The third-order valence-electron chi connectivity index (χ3n) is 1.62. The number of hydrogen-bond acceptors (Lipinski definition) is 3. The Morgan fingerprint density at radius 3 is 2.53 bits per heavy atom. The van der Waals surface area contributed by atoms with Gasteiger partial charge in [-0.1, -0.05) is 34.8 Å². The van der Waals surface area contributed by atoms with Crippen LogP contribution in [-0.4, -0.2) is 12.6 Å². The summed E-state index contributed by atoms with van der Waals surface area (Å²) in [5.41, 5.74) is 0.0534. The lowest BCUT2D eigenvalue weighted by Gasteiger charge is -2.09. The third kappa shape index (κ3) is 2.72. The maximum Gasteiger partial charge on any atom is 0.341 e. The van der Waals surface area contributed by atoms with Gasteiger partial charge in [0, 0.05) is 4.90 Å². The normalized spacial score (nSPS) is 10.2. The van der Waals surface area contributed by atoms with Gasteiger partial charge in [-0.05, 0) is 13.0 Å². The van der Waals surface area contributed by atoms with Gasteiger partial charge in [-0.25, -0.2) is 4.79 Å². The van der Waals surface area contributed by atoms with Crippen LogP contribution in [0.2, 0.25) is 15.1 Å². The molecular formula is C9H7Cl3O2S. The van der Waals surface area contributed by atoms with Crippen molar-refractivity contribution < 1.29 is 9.53 Å². The fourth-order valence-corrected chi connectivity index (χ4v) is 1.99. The van der Waals surface area contributed by atoms with Gasteiger partial charge < -0.3 is 4.74 Å². The highest BCUT2D eigenvalue weighted by Gasteiger charge is 2.20. The van der Waals surface area contributed by atoms with Gasteiger partial charge in [0.15, 0.2) is 0 Å². The van der Waals surface area contributed by atoms with E-state index in [9.17, 15) is 4.79 Å². The van der Waals surface area contributed by atoms with Crippen LogP contribution in [0, 0.1) is 0 Å². The Bertz CT molecular complexity index is 381. The number of carbonyl (C=O) groups is 1. The van der Waals surface area contributed by atoms with Crippen molar-refractivity contribution in [1.29, 1.82) is 0 Å². The van der Waals surface area contributed by atoms with Gasteiger partial charge in [-0.3, -0.25) is 0 Å². The second-order valence-electron chi connectivity index (χ2n) is 2.60. The first-order valence-corrected chi connectivity index (χ1v) is 5.60. The lowest BCUT2D eigenvalue weighted by atomic mass is 10.2. The Hall–Kier alpha value is -0.0900. The average Bonchev–Trinajstić information content (AvgIpc) is 2.16. The maximum absolute atomic E-state index is 11.5. The molecule has 2 nitrogen and oxygen atoms in total. The molecule has 0 radical (unpaired) electrons. The van der Waals surface area contributed by atoms with Crippen LogP contribution < -0.4 is 0 Å². The van der Waals surface area contributed by atoms with Gasteiger partial charge in [0.25, 0.3) is 0 Å². The molecular weight excluding hydrogens is 279 g/mol. The SMILES string of the molecule is CCOC(=O)c1c(Cl)c(S)cc(Cl)c1Cl. The molecule has 0 saturated heterocycles. The molecule has 6 heteroatoms. The molecule has 1 aromatic carbocycles. The molecule has 1 rings (SSSR count). The van der Waals surface area contributed by atoms with E-state index in [1.165, 1.54) is 6.07 Å². The zero-order valence-corrected chi connectivity index (χ0v) is 10.8. The molecule has 0 heterocycles. The van der Waals surface area contributed by atoms with Gasteiger partial charge in [-0.2, -0.15) is 0 Å². The van der Waals surface area contributed by atoms with E-state index in [1.54, 1.807) is 6.92 Å². The molecule has 1 aromatic rings. The summed E-state index contributed by atoms with van der Waals surface area (Å²) in [6.45, 7) is 1.92. The molecule has 0 spiro atoms. The second kappa shape index (κ2) is 5.30. The number of thiol groups is 1. The Kier molecular flexibility index (Phi) is 4.59. The van der Waals surface area contributed by atoms with Gasteiger partial charge in [-0.15, -0.1) is 12.6 Å². The summed E-state index contributed by atoms with van der Waals surface area (Å²) in [6.07, 6.45) is 0. The average molecular weight is 286 g/mol. The van der Waals surface area contributed by atoms with Crippen LogP contribution in [0.1, 0.15) is 17.3 Å². The van der Waals surface area contributed by atoms with E-state index in [4.69, 9.17) is 39.5 Å². The van der Waals surface area contributed by atoms with E-state index < -0.39 is 5.97 Å². The van der Waals surface area contributed by atoms with Crippen molar-refractivity contribution in [2.75, 3.05) is 6.61 Å². The molecule has 0 aliphatic rings. The Morgan fingerprint density at radius 1 is 1.40 bits per heavy atom. The van der Waals surface area contributed by atoms with Crippen molar-refractivity contribution in [3.05, 3.63) is 26.7 Å². The van der Waals surface area contributed by atoms with Gasteiger partial charge in [0.05, 0.1) is 27.2 Å². The van der Waals surface area contributed by atoms with E-state index in [2.05, 4.69) is 12.6 Å². The van der Waals surface area contributed by atoms with E-state index in [1.807, 2.05) is 0 Å². The number of benzene rings is 1. The number of hydrogen-bond donors (Lipinski definition) is 1. The molecule has 0 unspecified atom stereocenters. The summed E-state index contributed by atoms with van der Waals surface area (Å²) in [7, 11) is 0. The van der Waals surface area contributed by atoms with E-state index in [-0.39, 0.29) is 27.2 Å². The lowest BCUT2D eigenvalue weighted by molar-refractivity contribution is 0.0526. The lowest BCUT2D eigenvalue weighted by Crippen LogP contribution is -2.07. The molecule has 0 aromatic heterocycles. The molecule has 15 heavy (non-hydrogen) atoms. The van der Waals surface area contributed by atoms with Crippen LogP contribution in [0.15, 0.2) is 11.0 Å². The monoisotopic (exact) mass is 284 g/mol. The summed E-state index contributed by atoms with van der Waals surface area (Å²) >= 11 is 21.6. The minimum atomic E-state index is -0.606. The van der Waals surface area contributed by atoms with Crippen molar-refractivity contribution in [3.63, 3.8) is 0 Å². The maximum atomic E-state index is 11.5. The Labute approximate surface area is 108 Å². The minimum absolute atomic E-state index is 0.0534. The number of rotatable bonds is 2. The van der Waals surface area contributed by atoms with Gasteiger partial charge >= 0.3 is 5.97 Å². The molecule has 0 N–H and O–H groups in total. The topological polar surface area (TPSA) is 26.3 Å². The van der Waals surface area contributed by atoms with Gasteiger partial charge in [0.2, 0.25) is 0 Å². The Morgan fingerprint density at radius 2 is 2.00 bits per heavy atom. The predicted molar refractivity (Wildman–Crippen MR) is 64.7 cm³/mol. The van der Waals surface area contributed by atoms with Crippen LogP contribution in [0.3, 0.4) is 0 Å².